The van der Waals surface area contributed by atoms with E-state index in [1.54, 1.807) is 6.92 Å². The number of aliphatic hydroxyl groups is 1. The summed E-state index contributed by atoms with van der Waals surface area (Å²) in [5.74, 6) is 1.78. The molecule has 0 saturated carbocycles. The second-order valence-electron chi connectivity index (χ2n) is 6.67. The lowest BCUT2D eigenvalue weighted by Gasteiger charge is -2.24. The van der Waals surface area contributed by atoms with Crippen LogP contribution in [0.5, 0.6) is 0 Å². The number of aryl methyl sites for hydroxylation is 1. The van der Waals surface area contributed by atoms with Crippen molar-refractivity contribution in [2.75, 3.05) is 6.54 Å². The summed E-state index contributed by atoms with van der Waals surface area (Å²) in [4.78, 5) is 12.1. The van der Waals surface area contributed by atoms with Crippen LogP contribution in [0.2, 0.25) is 0 Å². The third kappa shape index (κ3) is 4.36. The first kappa shape index (κ1) is 17.4. The molecule has 3 N–H and O–H groups in total. The van der Waals surface area contributed by atoms with Crippen LogP contribution < -0.4 is 10.6 Å². The summed E-state index contributed by atoms with van der Waals surface area (Å²) in [6.07, 6.45) is 4.40. The van der Waals surface area contributed by atoms with E-state index in [1.807, 2.05) is 30.3 Å². The molecular weight excluding hydrogens is 318 g/mol. The minimum Gasteiger partial charge on any atom is -0.384 e. The molecule has 0 spiro atoms. The third-order valence-corrected chi connectivity index (χ3v) is 4.58. The van der Waals surface area contributed by atoms with Crippen LogP contribution in [0.3, 0.4) is 0 Å². The summed E-state index contributed by atoms with van der Waals surface area (Å²) in [5, 5.41) is 24.4. The molecule has 0 radical (unpaired) electrons. The highest BCUT2D eigenvalue weighted by Gasteiger charge is 2.23. The number of carbonyl (C=O) groups excluding carboxylic acids is 1. The van der Waals surface area contributed by atoms with Gasteiger partial charge in [-0.2, -0.15) is 0 Å². The van der Waals surface area contributed by atoms with E-state index in [0.29, 0.717) is 6.54 Å². The fourth-order valence-electron chi connectivity index (χ4n) is 3.05. The van der Waals surface area contributed by atoms with Gasteiger partial charge in [0.1, 0.15) is 11.4 Å². The first-order chi connectivity index (χ1) is 12.1. The third-order valence-electron chi connectivity index (χ3n) is 4.58. The summed E-state index contributed by atoms with van der Waals surface area (Å²) in [7, 11) is 0. The predicted octanol–water partition coefficient (Wildman–Crippen LogP) is 1.71. The number of nitrogens with zero attached hydrogens (tertiary/aromatic N) is 3. The normalized spacial score (nSPS) is 16.4. The molecule has 0 saturated heterocycles. The highest BCUT2D eigenvalue weighted by atomic mass is 16.3. The fraction of sp³-hybridized carbons (Fsp3) is 0.500. The molecule has 1 aliphatic rings. The predicted molar refractivity (Wildman–Crippen MR) is 93.8 cm³/mol. The van der Waals surface area contributed by atoms with Crippen LogP contribution in [0.1, 0.15) is 43.4 Å². The Morgan fingerprint density at radius 3 is 2.80 bits per heavy atom. The second-order valence-corrected chi connectivity index (χ2v) is 6.67. The van der Waals surface area contributed by atoms with Crippen LogP contribution in [0.15, 0.2) is 30.3 Å². The number of urea groups is 1. The molecule has 0 aliphatic carbocycles. The Morgan fingerprint density at radius 1 is 1.20 bits per heavy atom. The molecule has 1 aromatic carbocycles. The molecule has 2 amide bonds. The van der Waals surface area contributed by atoms with Crippen molar-refractivity contribution in [2.45, 2.75) is 51.3 Å². The minimum absolute atomic E-state index is 0.126. The molecule has 1 atom stereocenters. The van der Waals surface area contributed by atoms with E-state index >= 15 is 0 Å². The van der Waals surface area contributed by atoms with Gasteiger partial charge < -0.3 is 20.3 Å². The van der Waals surface area contributed by atoms with Gasteiger partial charge >= 0.3 is 6.03 Å². The van der Waals surface area contributed by atoms with Crippen LogP contribution in [0.4, 0.5) is 4.79 Å². The van der Waals surface area contributed by atoms with Crippen LogP contribution in [0.25, 0.3) is 0 Å². The Morgan fingerprint density at radius 2 is 2.00 bits per heavy atom. The van der Waals surface area contributed by atoms with E-state index in [1.165, 1.54) is 6.42 Å². The quantitative estimate of drug-likeness (QED) is 0.771. The molecule has 3 rings (SSSR count). The largest absolute Gasteiger partial charge is 0.384 e. The lowest BCUT2D eigenvalue weighted by atomic mass is 9.96. The van der Waals surface area contributed by atoms with Crippen molar-refractivity contribution in [3.8, 4) is 0 Å². The molecule has 25 heavy (non-hydrogen) atoms. The van der Waals surface area contributed by atoms with Crippen molar-refractivity contribution in [1.82, 2.24) is 25.4 Å². The summed E-state index contributed by atoms with van der Waals surface area (Å²) in [5.41, 5.74) is -0.358. The van der Waals surface area contributed by atoms with E-state index < -0.39 is 5.60 Å². The molecule has 0 fully saturated rings. The molecule has 1 unspecified atom stereocenters. The average molecular weight is 343 g/mol. The Hall–Kier alpha value is -2.41. The molecule has 2 aromatic rings. The summed E-state index contributed by atoms with van der Waals surface area (Å²) >= 11 is 0. The number of fused-ring (bicyclic) bond motifs is 1. The van der Waals surface area contributed by atoms with Gasteiger partial charge in [0.2, 0.25) is 0 Å². The smallest absolute Gasteiger partial charge is 0.315 e. The zero-order valence-corrected chi connectivity index (χ0v) is 14.5. The maximum atomic E-state index is 12.1. The molecule has 1 aliphatic heterocycles. The highest BCUT2D eigenvalue weighted by Crippen LogP contribution is 2.19. The average Bonchev–Trinajstić information content (AvgIpc) is 2.85. The van der Waals surface area contributed by atoms with E-state index in [-0.39, 0.29) is 12.6 Å². The highest BCUT2D eigenvalue weighted by molar-refractivity contribution is 5.73. The molecule has 7 heteroatoms. The van der Waals surface area contributed by atoms with Crippen molar-refractivity contribution in [2.24, 2.45) is 0 Å². The van der Waals surface area contributed by atoms with Gasteiger partial charge in [0.05, 0.1) is 13.1 Å². The lowest BCUT2D eigenvalue weighted by molar-refractivity contribution is 0.0594. The standard InChI is InChI=1S/C18H25N5O2/c1-18(25,14-8-4-2-5-9-14)13-20-17(24)19-12-16-22-21-15-10-6-3-7-11-23(15)16/h2,4-5,8-9,25H,3,6-7,10-13H2,1H3,(H2,19,20,24). The summed E-state index contributed by atoms with van der Waals surface area (Å²) < 4.78 is 2.10. The van der Waals surface area contributed by atoms with Gasteiger partial charge in [0.15, 0.2) is 5.82 Å². The zero-order chi connectivity index (χ0) is 17.7. The van der Waals surface area contributed by atoms with Crippen LogP contribution in [-0.4, -0.2) is 32.4 Å². The minimum atomic E-state index is -1.12. The summed E-state index contributed by atoms with van der Waals surface area (Å²) in [6.45, 7) is 3.04. The van der Waals surface area contributed by atoms with Crippen molar-refractivity contribution in [3.05, 3.63) is 47.5 Å². The molecule has 2 heterocycles. The number of hydrogen-bond acceptors (Lipinski definition) is 4. The van der Waals surface area contributed by atoms with E-state index in [2.05, 4.69) is 25.4 Å². The van der Waals surface area contributed by atoms with Crippen molar-refractivity contribution in [1.29, 1.82) is 0 Å². The molecule has 1 aromatic heterocycles. The first-order valence-electron chi connectivity index (χ1n) is 8.77. The fourth-order valence-corrected chi connectivity index (χ4v) is 3.05. The number of hydrogen-bond donors (Lipinski definition) is 3. The molecular formula is C18H25N5O2. The van der Waals surface area contributed by atoms with E-state index in [0.717, 1.165) is 43.0 Å². The lowest BCUT2D eigenvalue weighted by Crippen LogP contribution is -2.43. The Labute approximate surface area is 147 Å². The molecule has 7 nitrogen and oxygen atoms in total. The van der Waals surface area contributed by atoms with Gasteiger partial charge in [-0.05, 0) is 25.3 Å². The zero-order valence-electron chi connectivity index (χ0n) is 14.5. The number of carbonyl (C=O) groups is 1. The Kier molecular flexibility index (Phi) is 5.33. The molecule has 134 valence electrons. The Bertz CT molecular complexity index is 712. The molecule has 0 bridgehead atoms. The van der Waals surface area contributed by atoms with Crippen molar-refractivity contribution in [3.63, 3.8) is 0 Å². The van der Waals surface area contributed by atoms with Crippen LogP contribution in [0, 0.1) is 0 Å². The van der Waals surface area contributed by atoms with Gasteiger partial charge in [-0.15, -0.1) is 10.2 Å². The summed E-state index contributed by atoms with van der Waals surface area (Å²) in [6, 6.07) is 8.96. The van der Waals surface area contributed by atoms with E-state index in [4.69, 9.17) is 0 Å². The van der Waals surface area contributed by atoms with Gasteiger partial charge in [-0.25, -0.2) is 4.79 Å². The topological polar surface area (TPSA) is 92.1 Å². The number of aromatic nitrogens is 3. The van der Waals surface area contributed by atoms with Crippen molar-refractivity contribution >= 4 is 6.03 Å². The first-order valence-corrected chi connectivity index (χ1v) is 8.77. The maximum Gasteiger partial charge on any atom is 0.315 e. The number of nitrogens with one attached hydrogen (secondary N) is 2. The second kappa shape index (κ2) is 7.65. The number of benzene rings is 1. The van der Waals surface area contributed by atoms with Gasteiger partial charge in [0, 0.05) is 13.0 Å². The van der Waals surface area contributed by atoms with E-state index in [9.17, 15) is 9.90 Å². The van der Waals surface area contributed by atoms with Crippen molar-refractivity contribution < 1.29 is 9.90 Å². The maximum absolute atomic E-state index is 12.1. The monoisotopic (exact) mass is 343 g/mol. The van der Waals surface area contributed by atoms with Gasteiger partial charge in [0.25, 0.3) is 0 Å². The Balaban J connectivity index is 1.51. The number of rotatable bonds is 5. The number of amides is 2. The van der Waals surface area contributed by atoms with Crippen LogP contribution >= 0.6 is 0 Å². The van der Waals surface area contributed by atoms with Crippen LogP contribution in [-0.2, 0) is 25.1 Å². The SMILES string of the molecule is CC(O)(CNC(=O)NCc1nnc2n1CCCCC2)c1ccccc1. The van der Waals surface area contributed by atoms with Gasteiger partial charge in [-0.3, -0.25) is 0 Å². The van der Waals surface area contributed by atoms with Gasteiger partial charge in [-0.1, -0.05) is 36.8 Å².